The first-order chi connectivity index (χ1) is 8.86. The fourth-order valence-electron chi connectivity index (χ4n) is 1.64. The van der Waals surface area contributed by atoms with E-state index in [4.69, 9.17) is 11.6 Å². The lowest BCUT2D eigenvalue weighted by Gasteiger charge is -2.13. The molecule has 0 amide bonds. The van der Waals surface area contributed by atoms with Gasteiger partial charge in [0.2, 0.25) is 0 Å². The maximum Gasteiger partial charge on any atom is 0.129 e. The Labute approximate surface area is 123 Å². The highest BCUT2D eigenvalue weighted by Gasteiger charge is 2.17. The van der Waals surface area contributed by atoms with Crippen molar-refractivity contribution in [3.05, 3.63) is 39.1 Å². The van der Waals surface area contributed by atoms with Gasteiger partial charge in [-0.1, -0.05) is 32.4 Å². The molecule has 5 heteroatoms. The third kappa shape index (κ3) is 3.67. The lowest BCUT2D eigenvalue weighted by molar-refractivity contribution is 0.585. The Morgan fingerprint density at radius 3 is 2.63 bits per heavy atom. The van der Waals surface area contributed by atoms with E-state index in [0.717, 1.165) is 22.9 Å². The minimum absolute atomic E-state index is 0.112. The fourth-order valence-corrected chi connectivity index (χ4v) is 2.74. The van der Waals surface area contributed by atoms with Crippen LogP contribution >= 0.6 is 22.9 Å². The number of hydrogen-bond donors (Lipinski definition) is 1. The van der Waals surface area contributed by atoms with Gasteiger partial charge in [-0.3, -0.25) is 0 Å². The monoisotopic (exact) mass is 295 g/mol. The molecule has 2 aromatic rings. The molecule has 3 nitrogen and oxygen atoms in total. The first-order valence-corrected chi connectivity index (χ1v) is 7.38. The van der Waals surface area contributed by atoms with Crippen LogP contribution in [0.3, 0.4) is 0 Å². The van der Waals surface area contributed by atoms with Gasteiger partial charge in [-0.05, 0) is 19.1 Å². The van der Waals surface area contributed by atoms with Crippen LogP contribution in [0.4, 0.5) is 5.69 Å². The quantitative estimate of drug-likeness (QED) is 0.852. The predicted molar refractivity (Wildman–Crippen MR) is 82.1 cm³/mol. The lowest BCUT2D eigenvalue weighted by atomic mass is 9.98. The van der Waals surface area contributed by atoms with Crippen LogP contribution in [0.2, 0.25) is 5.15 Å². The number of pyridine rings is 1. The molecule has 0 aromatic carbocycles. The fraction of sp³-hybridized carbons (Fsp3) is 0.429. The van der Waals surface area contributed by atoms with E-state index in [2.05, 4.69) is 36.1 Å². The van der Waals surface area contributed by atoms with Crippen LogP contribution in [0.25, 0.3) is 0 Å². The second kappa shape index (κ2) is 5.47. The molecule has 0 bridgehead atoms. The number of nitrogens with zero attached hydrogens (tertiary/aromatic N) is 2. The zero-order valence-electron chi connectivity index (χ0n) is 11.6. The third-order valence-electron chi connectivity index (χ3n) is 2.70. The van der Waals surface area contributed by atoms with Crippen LogP contribution in [0, 0.1) is 6.92 Å². The van der Waals surface area contributed by atoms with Gasteiger partial charge in [-0.2, -0.15) is 0 Å². The second-order valence-corrected chi connectivity index (χ2v) is 7.00. The number of halogens is 1. The van der Waals surface area contributed by atoms with Gasteiger partial charge in [0.1, 0.15) is 5.15 Å². The lowest BCUT2D eigenvalue weighted by Crippen LogP contribution is -2.09. The molecule has 0 radical (unpaired) electrons. The maximum atomic E-state index is 5.84. The van der Waals surface area contributed by atoms with Crippen molar-refractivity contribution in [1.29, 1.82) is 0 Å². The summed E-state index contributed by atoms with van der Waals surface area (Å²) in [6, 6.07) is 3.75. The number of rotatable bonds is 3. The van der Waals surface area contributed by atoms with E-state index in [1.54, 1.807) is 17.4 Å². The molecule has 0 aliphatic rings. The number of thiazole rings is 1. The largest absolute Gasteiger partial charge is 0.379 e. The summed E-state index contributed by atoms with van der Waals surface area (Å²) in [5.41, 5.74) is 2.03. The molecule has 0 fully saturated rings. The molecule has 0 saturated heterocycles. The van der Waals surface area contributed by atoms with Crippen molar-refractivity contribution in [2.45, 2.75) is 39.7 Å². The van der Waals surface area contributed by atoms with Crippen molar-refractivity contribution in [2.75, 3.05) is 5.32 Å². The van der Waals surface area contributed by atoms with Crippen LogP contribution in [-0.2, 0) is 12.0 Å². The van der Waals surface area contributed by atoms with E-state index in [9.17, 15) is 0 Å². The van der Waals surface area contributed by atoms with Crippen molar-refractivity contribution in [1.82, 2.24) is 9.97 Å². The van der Waals surface area contributed by atoms with Crippen molar-refractivity contribution in [2.24, 2.45) is 0 Å². The molecule has 2 aromatic heterocycles. The summed E-state index contributed by atoms with van der Waals surface area (Å²) in [7, 11) is 0. The minimum Gasteiger partial charge on any atom is -0.379 e. The van der Waals surface area contributed by atoms with Gasteiger partial charge in [0.25, 0.3) is 0 Å². The van der Waals surface area contributed by atoms with Gasteiger partial charge in [0.05, 0.1) is 22.9 Å². The summed E-state index contributed by atoms with van der Waals surface area (Å²) in [6.07, 6.45) is 1.94. The SMILES string of the molecule is Cc1nc(Cl)ccc1NCc1cnc(C(C)(C)C)s1. The maximum absolute atomic E-state index is 5.84. The van der Waals surface area contributed by atoms with E-state index >= 15 is 0 Å². The Balaban J connectivity index is 2.04. The summed E-state index contributed by atoms with van der Waals surface area (Å²) in [5, 5.41) is 5.06. The standard InChI is InChI=1S/C14H18ClN3S/c1-9-11(5-6-12(15)18-9)16-7-10-8-17-13(19-10)14(2,3)4/h5-6,8,16H,7H2,1-4H3. The molecule has 0 saturated carbocycles. The highest BCUT2D eigenvalue weighted by molar-refractivity contribution is 7.11. The van der Waals surface area contributed by atoms with E-state index in [0.29, 0.717) is 5.15 Å². The van der Waals surface area contributed by atoms with Gasteiger partial charge < -0.3 is 5.32 Å². The average molecular weight is 296 g/mol. The van der Waals surface area contributed by atoms with E-state index in [1.807, 2.05) is 19.2 Å². The molecular formula is C14H18ClN3S. The Morgan fingerprint density at radius 1 is 1.32 bits per heavy atom. The zero-order chi connectivity index (χ0) is 14.0. The number of aromatic nitrogens is 2. The average Bonchev–Trinajstić information content (AvgIpc) is 2.76. The molecule has 0 atom stereocenters. The summed E-state index contributed by atoms with van der Waals surface area (Å²) in [5.74, 6) is 0. The number of nitrogens with one attached hydrogen (secondary N) is 1. The third-order valence-corrected chi connectivity index (χ3v) is 4.33. The predicted octanol–water partition coefficient (Wildman–Crippen LogP) is 4.41. The van der Waals surface area contributed by atoms with Crippen molar-refractivity contribution in [3.8, 4) is 0 Å². The van der Waals surface area contributed by atoms with Gasteiger partial charge in [-0.25, -0.2) is 9.97 Å². The molecular weight excluding hydrogens is 278 g/mol. The van der Waals surface area contributed by atoms with Crippen LogP contribution in [0.1, 0.15) is 36.3 Å². The van der Waals surface area contributed by atoms with Gasteiger partial charge in [-0.15, -0.1) is 11.3 Å². The topological polar surface area (TPSA) is 37.8 Å². The van der Waals surface area contributed by atoms with Crippen molar-refractivity contribution in [3.63, 3.8) is 0 Å². The Morgan fingerprint density at radius 2 is 2.05 bits per heavy atom. The Hall–Kier alpha value is -1.13. The smallest absolute Gasteiger partial charge is 0.129 e. The normalized spacial score (nSPS) is 11.6. The van der Waals surface area contributed by atoms with Crippen LogP contribution < -0.4 is 5.32 Å². The highest BCUT2D eigenvalue weighted by atomic mass is 35.5. The van der Waals surface area contributed by atoms with Crippen LogP contribution in [-0.4, -0.2) is 9.97 Å². The van der Waals surface area contributed by atoms with Gasteiger partial charge in [0, 0.05) is 16.5 Å². The Kier molecular flexibility index (Phi) is 4.11. The molecule has 19 heavy (non-hydrogen) atoms. The molecule has 1 N–H and O–H groups in total. The van der Waals surface area contributed by atoms with Crippen molar-refractivity contribution >= 4 is 28.6 Å². The molecule has 0 aliphatic carbocycles. The minimum atomic E-state index is 0.112. The summed E-state index contributed by atoms with van der Waals surface area (Å²) in [6.45, 7) is 9.24. The summed E-state index contributed by atoms with van der Waals surface area (Å²) < 4.78 is 0. The van der Waals surface area contributed by atoms with E-state index in [-0.39, 0.29) is 5.41 Å². The molecule has 2 heterocycles. The molecule has 2 rings (SSSR count). The van der Waals surface area contributed by atoms with Crippen LogP contribution in [0.15, 0.2) is 18.3 Å². The van der Waals surface area contributed by atoms with E-state index < -0.39 is 0 Å². The van der Waals surface area contributed by atoms with Crippen LogP contribution in [0.5, 0.6) is 0 Å². The molecule has 0 aliphatic heterocycles. The molecule has 0 unspecified atom stereocenters. The first-order valence-electron chi connectivity index (χ1n) is 6.18. The Bertz CT molecular complexity index is 572. The molecule has 0 spiro atoms. The summed E-state index contributed by atoms with van der Waals surface area (Å²) in [4.78, 5) is 9.92. The number of hydrogen-bond acceptors (Lipinski definition) is 4. The summed E-state index contributed by atoms with van der Waals surface area (Å²) >= 11 is 7.59. The highest BCUT2D eigenvalue weighted by Crippen LogP contribution is 2.27. The molecule has 102 valence electrons. The van der Waals surface area contributed by atoms with Gasteiger partial charge >= 0.3 is 0 Å². The van der Waals surface area contributed by atoms with Crippen molar-refractivity contribution < 1.29 is 0 Å². The van der Waals surface area contributed by atoms with E-state index in [1.165, 1.54) is 4.88 Å². The first kappa shape index (κ1) is 14.3. The van der Waals surface area contributed by atoms with Gasteiger partial charge in [0.15, 0.2) is 0 Å². The zero-order valence-corrected chi connectivity index (χ0v) is 13.2. The number of aryl methyl sites for hydroxylation is 1. The number of anilines is 1. The second-order valence-electron chi connectivity index (χ2n) is 5.50.